The van der Waals surface area contributed by atoms with Crippen molar-refractivity contribution in [1.82, 2.24) is 0 Å². The van der Waals surface area contributed by atoms with Gasteiger partial charge in [-0.3, -0.25) is 0 Å². The minimum absolute atomic E-state index is 0.197. The standard InChI is InChI=1S/C19H27Cl2NO4/c1-3-16-14-17(25-12-7-18(20)21)13-15(2)19(16)26-11-5-4-9-24-10-6-8-22-23/h7-8,13-14,23H,3-6,9-12H2,1-2H3. The first-order chi connectivity index (χ1) is 12.6. The topological polar surface area (TPSA) is 60.3 Å². The number of rotatable bonds is 13. The van der Waals surface area contributed by atoms with Gasteiger partial charge in [0.05, 0.1) is 13.2 Å². The van der Waals surface area contributed by atoms with E-state index in [0.717, 1.165) is 41.9 Å². The molecule has 26 heavy (non-hydrogen) atoms. The van der Waals surface area contributed by atoms with E-state index >= 15 is 0 Å². The molecule has 0 saturated carbocycles. The van der Waals surface area contributed by atoms with Crippen molar-refractivity contribution in [3.63, 3.8) is 0 Å². The zero-order chi connectivity index (χ0) is 19.2. The van der Waals surface area contributed by atoms with Crippen molar-refractivity contribution < 1.29 is 19.4 Å². The molecule has 7 heteroatoms. The quantitative estimate of drug-likeness (QED) is 0.210. The van der Waals surface area contributed by atoms with Gasteiger partial charge in [0, 0.05) is 19.2 Å². The van der Waals surface area contributed by atoms with Crippen molar-refractivity contribution in [3.8, 4) is 11.5 Å². The predicted molar refractivity (Wildman–Crippen MR) is 106 cm³/mol. The number of unbranched alkanes of at least 4 members (excludes halogenated alkanes) is 1. The molecule has 0 fully saturated rings. The van der Waals surface area contributed by atoms with Gasteiger partial charge < -0.3 is 19.4 Å². The van der Waals surface area contributed by atoms with Gasteiger partial charge >= 0.3 is 0 Å². The van der Waals surface area contributed by atoms with Crippen LogP contribution in [0.2, 0.25) is 0 Å². The summed E-state index contributed by atoms with van der Waals surface area (Å²) in [4.78, 5) is 0. The second-order valence-corrected chi connectivity index (χ2v) is 6.65. The van der Waals surface area contributed by atoms with E-state index < -0.39 is 0 Å². The Hall–Kier alpha value is -1.43. The van der Waals surface area contributed by atoms with Crippen LogP contribution in [0.5, 0.6) is 11.5 Å². The maximum Gasteiger partial charge on any atom is 0.125 e. The summed E-state index contributed by atoms with van der Waals surface area (Å²) in [6, 6.07) is 3.94. The molecule has 0 spiro atoms. The number of hydrogen-bond donors (Lipinski definition) is 1. The highest BCUT2D eigenvalue weighted by Crippen LogP contribution is 2.30. The number of nitrogens with zero attached hydrogens (tertiary/aromatic N) is 1. The molecule has 1 aromatic rings. The van der Waals surface area contributed by atoms with Gasteiger partial charge in [-0.15, -0.1) is 5.16 Å². The fourth-order valence-electron chi connectivity index (χ4n) is 2.34. The Morgan fingerprint density at radius 2 is 1.92 bits per heavy atom. The van der Waals surface area contributed by atoms with E-state index in [2.05, 4.69) is 12.1 Å². The van der Waals surface area contributed by atoms with Crippen molar-refractivity contribution in [2.75, 3.05) is 26.4 Å². The Kier molecular flexibility index (Phi) is 11.9. The molecular weight excluding hydrogens is 377 g/mol. The summed E-state index contributed by atoms with van der Waals surface area (Å²) in [7, 11) is 0. The maximum absolute atomic E-state index is 8.27. The highest BCUT2D eigenvalue weighted by Gasteiger charge is 2.09. The van der Waals surface area contributed by atoms with E-state index in [1.165, 1.54) is 6.21 Å². The summed E-state index contributed by atoms with van der Waals surface area (Å²) in [6.45, 7) is 6.30. The fourth-order valence-corrected chi connectivity index (χ4v) is 2.47. The summed E-state index contributed by atoms with van der Waals surface area (Å²) in [5.74, 6) is 1.70. The molecule has 0 aliphatic carbocycles. The number of ether oxygens (including phenoxy) is 3. The molecule has 5 nitrogen and oxygen atoms in total. The van der Waals surface area contributed by atoms with Crippen LogP contribution in [-0.4, -0.2) is 37.8 Å². The Balaban J connectivity index is 2.42. The normalized spacial score (nSPS) is 10.9. The molecule has 0 amide bonds. The molecule has 0 aliphatic rings. The van der Waals surface area contributed by atoms with Gasteiger partial charge in [0.15, 0.2) is 0 Å². The zero-order valence-electron chi connectivity index (χ0n) is 15.3. The fraction of sp³-hybridized carbons (Fsp3) is 0.526. The lowest BCUT2D eigenvalue weighted by atomic mass is 10.1. The van der Waals surface area contributed by atoms with Crippen LogP contribution >= 0.6 is 23.2 Å². The number of oxime groups is 1. The summed E-state index contributed by atoms with van der Waals surface area (Å²) in [6.07, 6.45) is 6.33. The van der Waals surface area contributed by atoms with Crippen LogP contribution in [0.1, 0.15) is 37.3 Å². The summed E-state index contributed by atoms with van der Waals surface area (Å²) >= 11 is 11.2. The lowest BCUT2D eigenvalue weighted by molar-refractivity contribution is 0.133. The van der Waals surface area contributed by atoms with Crippen molar-refractivity contribution in [3.05, 3.63) is 33.8 Å². The second-order valence-electron chi connectivity index (χ2n) is 5.64. The van der Waals surface area contributed by atoms with Crippen LogP contribution in [0.25, 0.3) is 0 Å². The maximum atomic E-state index is 8.27. The smallest absolute Gasteiger partial charge is 0.125 e. The number of aryl methyl sites for hydroxylation is 2. The molecule has 1 rings (SSSR count). The molecule has 1 N–H and O–H groups in total. The summed E-state index contributed by atoms with van der Waals surface area (Å²) in [5, 5.41) is 11.2. The van der Waals surface area contributed by atoms with Gasteiger partial charge in [-0.25, -0.2) is 0 Å². The molecule has 0 unspecified atom stereocenters. The third kappa shape index (κ3) is 9.32. The van der Waals surface area contributed by atoms with Crippen molar-refractivity contribution >= 4 is 29.4 Å². The minimum Gasteiger partial charge on any atom is -0.493 e. The second kappa shape index (κ2) is 13.7. The Bertz CT molecular complexity index is 587. The lowest BCUT2D eigenvalue weighted by Crippen LogP contribution is -2.05. The molecule has 0 radical (unpaired) electrons. The largest absolute Gasteiger partial charge is 0.493 e. The monoisotopic (exact) mass is 403 g/mol. The van der Waals surface area contributed by atoms with E-state index in [1.54, 1.807) is 6.08 Å². The lowest BCUT2D eigenvalue weighted by Gasteiger charge is -2.15. The molecular formula is C19H27Cl2NO4. The molecule has 0 aromatic heterocycles. The highest BCUT2D eigenvalue weighted by molar-refractivity contribution is 6.55. The minimum atomic E-state index is 0.197. The van der Waals surface area contributed by atoms with Crippen LogP contribution < -0.4 is 9.47 Å². The molecule has 0 atom stereocenters. The first-order valence-electron chi connectivity index (χ1n) is 8.72. The van der Waals surface area contributed by atoms with Crippen LogP contribution in [0.15, 0.2) is 27.9 Å². The predicted octanol–water partition coefficient (Wildman–Crippen LogP) is 5.28. The molecule has 0 saturated heterocycles. The Morgan fingerprint density at radius 3 is 2.62 bits per heavy atom. The number of benzene rings is 1. The van der Waals surface area contributed by atoms with E-state index in [0.29, 0.717) is 32.8 Å². The van der Waals surface area contributed by atoms with Crippen LogP contribution in [0.4, 0.5) is 0 Å². The van der Waals surface area contributed by atoms with Crippen LogP contribution in [-0.2, 0) is 11.2 Å². The SMILES string of the molecule is CCc1cc(OCC=C(Cl)Cl)cc(C)c1OCCCCOCCC=NO. The van der Waals surface area contributed by atoms with Gasteiger partial charge in [-0.1, -0.05) is 30.1 Å². The van der Waals surface area contributed by atoms with Gasteiger partial charge in [-0.05, 0) is 55.5 Å². The summed E-state index contributed by atoms with van der Waals surface area (Å²) in [5.41, 5.74) is 2.15. The van der Waals surface area contributed by atoms with Gasteiger partial charge in [0.25, 0.3) is 0 Å². The average molecular weight is 404 g/mol. The highest BCUT2D eigenvalue weighted by atomic mass is 35.5. The van der Waals surface area contributed by atoms with E-state index in [1.807, 2.05) is 19.1 Å². The number of hydrogen-bond acceptors (Lipinski definition) is 5. The first kappa shape index (κ1) is 22.6. The van der Waals surface area contributed by atoms with Crippen molar-refractivity contribution in [2.24, 2.45) is 5.16 Å². The Labute approximate surface area is 165 Å². The Morgan fingerprint density at radius 1 is 1.15 bits per heavy atom. The third-order valence-electron chi connectivity index (χ3n) is 3.60. The van der Waals surface area contributed by atoms with Gasteiger partial charge in [0.1, 0.15) is 22.6 Å². The number of halogens is 2. The molecule has 0 bridgehead atoms. The molecule has 0 aliphatic heterocycles. The zero-order valence-corrected chi connectivity index (χ0v) is 16.9. The average Bonchev–Trinajstić information content (AvgIpc) is 2.61. The first-order valence-corrected chi connectivity index (χ1v) is 9.48. The van der Waals surface area contributed by atoms with Crippen LogP contribution in [0.3, 0.4) is 0 Å². The molecule has 1 aromatic carbocycles. The van der Waals surface area contributed by atoms with Crippen molar-refractivity contribution in [2.45, 2.75) is 39.5 Å². The third-order valence-corrected chi connectivity index (χ3v) is 3.90. The van der Waals surface area contributed by atoms with E-state index in [9.17, 15) is 0 Å². The van der Waals surface area contributed by atoms with Gasteiger partial charge in [0.2, 0.25) is 0 Å². The van der Waals surface area contributed by atoms with E-state index in [4.69, 9.17) is 42.6 Å². The van der Waals surface area contributed by atoms with Gasteiger partial charge in [-0.2, -0.15) is 0 Å². The molecule has 0 heterocycles. The van der Waals surface area contributed by atoms with Crippen LogP contribution in [0, 0.1) is 6.92 Å². The van der Waals surface area contributed by atoms with Crippen molar-refractivity contribution in [1.29, 1.82) is 0 Å². The summed E-state index contributed by atoms with van der Waals surface area (Å²) < 4.78 is 17.3. The molecule has 146 valence electrons. The van der Waals surface area contributed by atoms with E-state index in [-0.39, 0.29) is 4.49 Å².